The molecule has 82 valence electrons. The first-order valence-electron chi connectivity index (χ1n) is 5.28. The lowest BCUT2D eigenvalue weighted by atomic mass is 10.4. The molecule has 3 nitrogen and oxygen atoms in total. The maximum atomic E-state index is 10.6. The maximum Gasteiger partial charge on any atom is 0.160 e. The molecule has 0 atom stereocenters. The second kappa shape index (κ2) is 4.77. The zero-order valence-corrected chi connectivity index (χ0v) is 9.80. The quantitative estimate of drug-likeness (QED) is 0.714. The number of carbonyl (C=O) groups excluding carboxylic acids is 1. The number of hydrogen-bond donors (Lipinski definition) is 0. The highest BCUT2D eigenvalue weighted by Gasteiger charge is 2.13. The molecule has 2 heterocycles. The first-order chi connectivity index (χ1) is 7.29. The minimum Gasteiger partial charge on any atom is -0.362 e. The van der Waals surface area contributed by atoms with E-state index in [-0.39, 0.29) is 0 Å². The van der Waals surface area contributed by atoms with Gasteiger partial charge in [0, 0.05) is 19.6 Å². The van der Waals surface area contributed by atoms with Gasteiger partial charge in [-0.3, -0.25) is 4.79 Å². The summed E-state index contributed by atoms with van der Waals surface area (Å²) in [5.41, 5.74) is 0. The Bertz CT molecular complexity index is 337. The minimum absolute atomic E-state index is 0.822. The zero-order chi connectivity index (χ0) is 10.7. The van der Waals surface area contributed by atoms with Gasteiger partial charge in [0.1, 0.15) is 0 Å². The van der Waals surface area contributed by atoms with Crippen molar-refractivity contribution in [2.45, 2.75) is 6.42 Å². The van der Waals surface area contributed by atoms with Gasteiger partial charge in [-0.05, 0) is 32.1 Å². The Morgan fingerprint density at radius 2 is 2.13 bits per heavy atom. The van der Waals surface area contributed by atoms with Crippen molar-refractivity contribution >= 4 is 22.6 Å². The van der Waals surface area contributed by atoms with Crippen LogP contribution < -0.4 is 4.90 Å². The van der Waals surface area contributed by atoms with E-state index >= 15 is 0 Å². The van der Waals surface area contributed by atoms with Gasteiger partial charge >= 0.3 is 0 Å². The van der Waals surface area contributed by atoms with Crippen LogP contribution in [0.5, 0.6) is 0 Å². The first-order valence-corrected chi connectivity index (χ1v) is 6.10. The van der Waals surface area contributed by atoms with Gasteiger partial charge in [0.25, 0.3) is 0 Å². The van der Waals surface area contributed by atoms with E-state index in [0.29, 0.717) is 0 Å². The standard InChI is InChI=1S/C11H16N2OS/c1-12-5-2-6-13(8-7-12)11-4-3-10(9-14)15-11/h3-4,9H,2,5-8H2,1H3. The first kappa shape index (κ1) is 10.6. The fraction of sp³-hybridized carbons (Fsp3) is 0.545. The van der Waals surface area contributed by atoms with Gasteiger partial charge in [0.15, 0.2) is 6.29 Å². The zero-order valence-electron chi connectivity index (χ0n) is 8.98. The molecule has 1 aliphatic rings. The smallest absolute Gasteiger partial charge is 0.160 e. The van der Waals surface area contributed by atoms with Crippen molar-refractivity contribution in [3.63, 3.8) is 0 Å². The Morgan fingerprint density at radius 3 is 2.87 bits per heavy atom. The Labute approximate surface area is 94.3 Å². The lowest BCUT2D eigenvalue weighted by molar-refractivity contribution is 0.112. The van der Waals surface area contributed by atoms with Gasteiger partial charge in [0.2, 0.25) is 0 Å². The Morgan fingerprint density at radius 1 is 1.27 bits per heavy atom. The molecule has 1 saturated heterocycles. The third kappa shape index (κ3) is 2.58. The molecule has 1 fully saturated rings. The normalized spacial score (nSPS) is 18.9. The van der Waals surface area contributed by atoms with Crippen LogP contribution in [0.2, 0.25) is 0 Å². The van der Waals surface area contributed by atoms with Crippen LogP contribution in [-0.2, 0) is 0 Å². The minimum atomic E-state index is 0.822. The van der Waals surface area contributed by atoms with Gasteiger partial charge in [0.05, 0.1) is 9.88 Å². The third-order valence-corrected chi connectivity index (χ3v) is 3.83. The molecule has 0 radical (unpaired) electrons. The predicted molar refractivity (Wildman–Crippen MR) is 64.0 cm³/mol. The average Bonchev–Trinajstić information content (AvgIpc) is 2.62. The highest BCUT2D eigenvalue weighted by Crippen LogP contribution is 2.25. The number of likely N-dealkylation sites (N-methyl/N-ethyl adjacent to an activating group) is 1. The molecule has 0 N–H and O–H groups in total. The van der Waals surface area contributed by atoms with Crippen LogP contribution in [0, 0.1) is 0 Å². The highest BCUT2D eigenvalue weighted by atomic mass is 32.1. The molecule has 4 heteroatoms. The van der Waals surface area contributed by atoms with Crippen molar-refractivity contribution in [2.75, 3.05) is 38.1 Å². The van der Waals surface area contributed by atoms with E-state index in [2.05, 4.69) is 22.9 Å². The molecule has 0 spiro atoms. The van der Waals surface area contributed by atoms with E-state index in [9.17, 15) is 4.79 Å². The summed E-state index contributed by atoms with van der Waals surface area (Å²) < 4.78 is 0. The summed E-state index contributed by atoms with van der Waals surface area (Å²) in [5.74, 6) is 0. The summed E-state index contributed by atoms with van der Waals surface area (Å²) in [6.45, 7) is 4.44. The van der Waals surface area contributed by atoms with E-state index in [4.69, 9.17) is 0 Å². The molecule has 0 bridgehead atoms. The Hall–Kier alpha value is -0.870. The topological polar surface area (TPSA) is 23.6 Å². The molecule has 15 heavy (non-hydrogen) atoms. The van der Waals surface area contributed by atoms with Crippen LogP contribution >= 0.6 is 11.3 Å². The largest absolute Gasteiger partial charge is 0.362 e. The second-order valence-electron chi connectivity index (χ2n) is 3.94. The van der Waals surface area contributed by atoms with E-state index in [1.807, 2.05) is 6.07 Å². The van der Waals surface area contributed by atoms with Crippen LogP contribution in [0.25, 0.3) is 0 Å². The Kier molecular flexibility index (Phi) is 3.38. The van der Waals surface area contributed by atoms with Gasteiger partial charge in [-0.2, -0.15) is 0 Å². The summed E-state index contributed by atoms with van der Waals surface area (Å²) >= 11 is 1.59. The van der Waals surface area contributed by atoms with Crippen LogP contribution in [0.3, 0.4) is 0 Å². The molecule has 0 amide bonds. The van der Waals surface area contributed by atoms with Gasteiger partial charge in [-0.25, -0.2) is 0 Å². The van der Waals surface area contributed by atoms with Crippen molar-refractivity contribution in [1.82, 2.24) is 4.90 Å². The molecule has 0 unspecified atom stereocenters. The Balaban J connectivity index is 2.06. The molecule has 0 saturated carbocycles. The van der Waals surface area contributed by atoms with E-state index in [0.717, 1.165) is 30.8 Å². The second-order valence-corrected chi connectivity index (χ2v) is 5.03. The molecule has 1 aromatic rings. The van der Waals surface area contributed by atoms with Crippen LogP contribution in [0.4, 0.5) is 5.00 Å². The van der Waals surface area contributed by atoms with Crippen molar-refractivity contribution < 1.29 is 4.79 Å². The van der Waals surface area contributed by atoms with E-state index in [1.165, 1.54) is 18.0 Å². The molecular weight excluding hydrogens is 208 g/mol. The number of carbonyl (C=O) groups is 1. The number of aldehydes is 1. The number of rotatable bonds is 2. The number of anilines is 1. The van der Waals surface area contributed by atoms with Gasteiger partial charge in [-0.15, -0.1) is 11.3 Å². The summed E-state index contributed by atoms with van der Waals surface area (Å²) in [7, 11) is 2.16. The lowest BCUT2D eigenvalue weighted by Crippen LogP contribution is -2.27. The summed E-state index contributed by atoms with van der Waals surface area (Å²) in [6, 6.07) is 3.96. The van der Waals surface area contributed by atoms with Gasteiger partial charge in [-0.1, -0.05) is 0 Å². The lowest BCUT2D eigenvalue weighted by Gasteiger charge is -2.20. The fourth-order valence-electron chi connectivity index (χ4n) is 1.84. The average molecular weight is 224 g/mol. The summed E-state index contributed by atoms with van der Waals surface area (Å²) in [6.07, 6.45) is 2.13. The van der Waals surface area contributed by atoms with E-state index < -0.39 is 0 Å². The van der Waals surface area contributed by atoms with Crippen LogP contribution in [0.1, 0.15) is 16.1 Å². The van der Waals surface area contributed by atoms with Crippen LogP contribution in [-0.4, -0.2) is 44.4 Å². The van der Waals surface area contributed by atoms with Crippen molar-refractivity contribution in [3.05, 3.63) is 17.0 Å². The number of nitrogens with zero attached hydrogens (tertiary/aromatic N) is 2. The molecule has 0 aromatic carbocycles. The van der Waals surface area contributed by atoms with Crippen LogP contribution in [0.15, 0.2) is 12.1 Å². The van der Waals surface area contributed by atoms with E-state index in [1.54, 1.807) is 11.3 Å². The monoisotopic (exact) mass is 224 g/mol. The molecule has 2 rings (SSSR count). The molecular formula is C11H16N2OS. The summed E-state index contributed by atoms with van der Waals surface area (Å²) in [4.78, 5) is 16.2. The summed E-state index contributed by atoms with van der Waals surface area (Å²) in [5, 5.41) is 1.23. The third-order valence-electron chi connectivity index (χ3n) is 2.76. The van der Waals surface area contributed by atoms with Crippen molar-refractivity contribution in [1.29, 1.82) is 0 Å². The molecule has 1 aromatic heterocycles. The maximum absolute atomic E-state index is 10.6. The predicted octanol–water partition coefficient (Wildman–Crippen LogP) is 1.70. The van der Waals surface area contributed by atoms with Gasteiger partial charge < -0.3 is 9.80 Å². The van der Waals surface area contributed by atoms with Crippen molar-refractivity contribution in [2.24, 2.45) is 0 Å². The number of thiophene rings is 1. The highest BCUT2D eigenvalue weighted by molar-refractivity contribution is 7.17. The SMILES string of the molecule is CN1CCCN(c2ccc(C=O)s2)CC1. The number of hydrogen-bond acceptors (Lipinski definition) is 4. The fourth-order valence-corrected chi connectivity index (χ4v) is 2.72. The van der Waals surface area contributed by atoms with Crippen molar-refractivity contribution in [3.8, 4) is 0 Å². The molecule has 0 aliphatic carbocycles. The molecule has 1 aliphatic heterocycles.